The normalized spacial score (nSPS) is 15.3. The molecule has 0 aliphatic carbocycles. The third-order valence-electron chi connectivity index (χ3n) is 2.25. The molecule has 0 aromatic rings. The molecular formula is C9H19NO3. The number of carbonyl (C=O) groups is 1. The first-order valence-corrected chi connectivity index (χ1v) is 4.71. The van der Waals surface area contributed by atoms with Crippen molar-refractivity contribution >= 4 is 5.97 Å². The molecule has 0 aromatic heterocycles. The molecule has 2 atom stereocenters. The lowest BCUT2D eigenvalue weighted by Crippen LogP contribution is -2.32. The summed E-state index contributed by atoms with van der Waals surface area (Å²) < 4.78 is 0. The van der Waals surface area contributed by atoms with E-state index in [4.69, 9.17) is 15.9 Å². The molecule has 0 spiro atoms. The van der Waals surface area contributed by atoms with Crippen LogP contribution in [0.3, 0.4) is 0 Å². The summed E-state index contributed by atoms with van der Waals surface area (Å²) in [6.07, 6.45) is 3.01. The molecule has 78 valence electrons. The molecule has 0 amide bonds. The molecule has 0 saturated heterocycles. The van der Waals surface area contributed by atoms with Crippen LogP contribution in [-0.2, 0) is 4.79 Å². The summed E-state index contributed by atoms with van der Waals surface area (Å²) in [6.45, 7) is 2.18. The van der Waals surface area contributed by atoms with Crippen molar-refractivity contribution in [1.29, 1.82) is 0 Å². The summed E-state index contributed by atoms with van der Waals surface area (Å²) in [6, 6.07) is -0.761. The Balaban J connectivity index is 3.75. The van der Waals surface area contributed by atoms with Crippen molar-refractivity contribution in [1.82, 2.24) is 0 Å². The number of rotatable bonds is 7. The Morgan fingerprint density at radius 3 is 2.54 bits per heavy atom. The van der Waals surface area contributed by atoms with Crippen LogP contribution in [0.4, 0.5) is 0 Å². The van der Waals surface area contributed by atoms with Gasteiger partial charge in [0.1, 0.15) is 6.04 Å². The molecule has 0 aliphatic rings. The van der Waals surface area contributed by atoms with Crippen LogP contribution in [0.15, 0.2) is 0 Å². The van der Waals surface area contributed by atoms with E-state index in [1.54, 1.807) is 0 Å². The monoisotopic (exact) mass is 189 g/mol. The maximum atomic E-state index is 10.5. The smallest absolute Gasteiger partial charge is 0.320 e. The number of aliphatic carboxylic acids is 1. The zero-order chi connectivity index (χ0) is 10.3. The Kier molecular flexibility index (Phi) is 6.54. The SMILES string of the molecule is CCC(CCCO)C[C@@H](N)C(=O)O. The topological polar surface area (TPSA) is 83.5 Å². The van der Waals surface area contributed by atoms with E-state index in [2.05, 4.69) is 0 Å². The minimum absolute atomic E-state index is 0.165. The van der Waals surface area contributed by atoms with Gasteiger partial charge in [-0.25, -0.2) is 0 Å². The predicted octanol–water partition coefficient (Wildman–Crippen LogP) is 0.587. The number of carboxylic acids is 1. The van der Waals surface area contributed by atoms with E-state index in [0.717, 1.165) is 19.3 Å². The summed E-state index contributed by atoms with van der Waals surface area (Å²) in [5.41, 5.74) is 5.40. The van der Waals surface area contributed by atoms with E-state index in [1.165, 1.54) is 0 Å². The fourth-order valence-corrected chi connectivity index (χ4v) is 1.33. The highest BCUT2D eigenvalue weighted by molar-refractivity contribution is 5.72. The molecule has 0 heterocycles. The molecule has 0 aromatic carbocycles. The van der Waals surface area contributed by atoms with Gasteiger partial charge in [-0.1, -0.05) is 13.3 Å². The first-order valence-electron chi connectivity index (χ1n) is 4.71. The van der Waals surface area contributed by atoms with Crippen LogP contribution in [0.1, 0.15) is 32.6 Å². The van der Waals surface area contributed by atoms with Crippen molar-refractivity contribution in [3.63, 3.8) is 0 Å². The molecular weight excluding hydrogens is 170 g/mol. The molecule has 0 bridgehead atoms. The van der Waals surface area contributed by atoms with Crippen molar-refractivity contribution in [3.05, 3.63) is 0 Å². The summed E-state index contributed by atoms with van der Waals surface area (Å²) in [7, 11) is 0. The standard InChI is InChI=1S/C9H19NO3/c1-2-7(4-3-5-11)6-8(10)9(12)13/h7-8,11H,2-6,10H2,1H3,(H,12,13)/t7?,8-/m1/s1. The molecule has 1 unspecified atom stereocenters. The summed E-state index contributed by atoms with van der Waals surface area (Å²) >= 11 is 0. The van der Waals surface area contributed by atoms with Gasteiger partial charge in [0, 0.05) is 6.61 Å². The Morgan fingerprint density at radius 1 is 1.54 bits per heavy atom. The fraction of sp³-hybridized carbons (Fsp3) is 0.889. The summed E-state index contributed by atoms with van der Waals surface area (Å²) in [4.78, 5) is 10.5. The van der Waals surface area contributed by atoms with Gasteiger partial charge in [-0.05, 0) is 25.2 Å². The maximum absolute atomic E-state index is 10.5. The Labute approximate surface area is 78.7 Å². The third kappa shape index (κ3) is 5.60. The van der Waals surface area contributed by atoms with Crippen LogP contribution in [0.25, 0.3) is 0 Å². The maximum Gasteiger partial charge on any atom is 0.320 e. The Hall–Kier alpha value is -0.610. The number of hydrogen-bond acceptors (Lipinski definition) is 3. The Morgan fingerprint density at radius 2 is 2.15 bits per heavy atom. The number of hydrogen-bond donors (Lipinski definition) is 3. The lowest BCUT2D eigenvalue weighted by atomic mass is 9.93. The van der Waals surface area contributed by atoms with Crippen LogP contribution in [0.5, 0.6) is 0 Å². The highest BCUT2D eigenvalue weighted by atomic mass is 16.4. The molecule has 13 heavy (non-hydrogen) atoms. The largest absolute Gasteiger partial charge is 0.480 e. The van der Waals surface area contributed by atoms with E-state index >= 15 is 0 Å². The van der Waals surface area contributed by atoms with Gasteiger partial charge >= 0.3 is 5.97 Å². The summed E-state index contributed by atoms with van der Waals surface area (Å²) in [5, 5.41) is 17.2. The van der Waals surface area contributed by atoms with Gasteiger partial charge in [0.05, 0.1) is 0 Å². The molecule has 4 heteroatoms. The van der Waals surface area contributed by atoms with E-state index in [9.17, 15) is 4.79 Å². The number of aliphatic hydroxyl groups excluding tert-OH is 1. The number of carboxylic acid groups (broad SMARTS) is 1. The van der Waals surface area contributed by atoms with Crippen LogP contribution >= 0.6 is 0 Å². The quantitative estimate of drug-likeness (QED) is 0.547. The fourth-order valence-electron chi connectivity index (χ4n) is 1.33. The van der Waals surface area contributed by atoms with Crippen molar-refractivity contribution in [2.75, 3.05) is 6.61 Å². The average molecular weight is 189 g/mol. The second-order valence-corrected chi connectivity index (χ2v) is 3.32. The molecule has 0 radical (unpaired) electrons. The van der Waals surface area contributed by atoms with Gasteiger partial charge in [0.25, 0.3) is 0 Å². The average Bonchev–Trinajstić information content (AvgIpc) is 2.11. The third-order valence-corrected chi connectivity index (χ3v) is 2.25. The Bertz CT molecular complexity index is 150. The lowest BCUT2D eigenvalue weighted by Gasteiger charge is -2.16. The van der Waals surface area contributed by atoms with Crippen molar-refractivity contribution in [2.24, 2.45) is 11.7 Å². The zero-order valence-corrected chi connectivity index (χ0v) is 8.07. The molecule has 0 aliphatic heterocycles. The summed E-state index contributed by atoms with van der Waals surface area (Å²) in [5.74, 6) is -0.624. The van der Waals surface area contributed by atoms with Gasteiger partial charge in [0.2, 0.25) is 0 Å². The van der Waals surface area contributed by atoms with E-state index in [0.29, 0.717) is 12.3 Å². The van der Waals surface area contributed by atoms with Crippen molar-refractivity contribution in [2.45, 2.75) is 38.6 Å². The van der Waals surface area contributed by atoms with Gasteiger partial charge in [0.15, 0.2) is 0 Å². The molecule has 0 fully saturated rings. The molecule has 0 saturated carbocycles. The van der Waals surface area contributed by atoms with Crippen molar-refractivity contribution < 1.29 is 15.0 Å². The van der Waals surface area contributed by atoms with Crippen LogP contribution in [0.2, 0.25) is 0 Å². The van der Waals surface area contributed by atoms with E-state index in [1.807, 2.05) is 6.92 Å². The first-order chi connectivity index (χ1) is 6.11. The second-order valence-electron chi connectivity index (χ2n) is 3.32. The molecule has 4 N–H and O–H groups in total. The predicted molar refractivity (Wildman–Crippen MR) is 50.3 cm³/mol. The van der Waals surface area contributed by atoms with Crippen molar-refractivity contribution in [3.8, 4) is 0 Å². The van der Waals surface area contributed by atoms with Crippen LogP contribution in [0, 0.1) is 5.92 Å². The van der Waals surface area contributed by atoms with Gasteiger partial charge in [-0.3, -0.25) is 4.79 Å². The highest BCUT2D eigenvalue weighted by Gasteiger charge is 2.16. The number of aliphatic hydroxyl groups is 1. The molecule has 0 rings (SSSR count). The highest BCUT2D eigenvalue weighted by Crippen LogP contribution is 2.16. The minimum Gasteiger partial charge on any atom is -0.480 e. The van der Waals surface area contributed by atoms with Crippen LogP contribution < -0.4 is 5.73 Å². The van der Waals surface area contributed by atoms with E-state index in [-0.39, 0.29) is 6.61 Å². The van der Waals surface area contributed by atoms with Gasteiger partial charge in [-0.2, -0.15) is 0 Å². The zero-order valence-electron chi connectivity index (χ0n) is 8.07. The van der Waals surface area contributed by atoms with E-state index < -0.39 is 12.0 Å². The van der Waals surface area contributed by atoms with Gasteiger partial charge < -0.3 is 15.9 Å². The number of nitrogens with two attached hydrogens (primary N) is 1. The molecule has 4 nitrogen and oxygen atoms in total. The van der Waals surface area contributed by atoms with Crippen LogP contribution in [-0.4, -0.2) is 28.8 Å². The first kappa shape index (κ1) is 12.4. The minimum atomic E-state index is -0.942. The second kappa shape index (κ2) is 6.86. The van der Waals surface area contributed by atoms with Gasteiger partial charge in [-0.15, -0.1) is 0 Å². The lowest BCUT2D eigenvalue weighted by molar-refractivity contribution is -0.139.